The summed E-state index contributed by atoms with van der Waals surface area (Å²) in [4.78, 5) is 40.9. The van der Waals surface area contributed by atoms with Crippen LogP contribution in [0.1, 0.15) is 60.0 Å². The first kappa shape index (κ1) is 22.5. The molecule has 0 aromatic heterocycles. The lowest BCUT2D eigenvalue weighted by atomic mass is 9.99. The number of fused-ring (bicyclic) bond motifs is 1. The van der Waals surface area contributed by atoms with E-state index in [1.165, 1.54) is 12.8 Å². The Morgan fingerprint density at radius 3 is 2.55 bits per heavy atom. The van der Waals surface area contributed by atoms with E-state index in [1.54, 1.807) is 4.90 Å². The summed E-state index contributed by atoms with van der Waals surface area (Å²) in [6, 6.07) is 5.33. The Kier molecular flexibility index (Phi) is 6.76. The molecule has 1 unspecified atom stereocenters. The number of carbonyl (C=O) groups excluding carboxylic acids is 3. The number of benzene rings is 1. The molecule has 3 fully saturated rings. The monoisotopic (exact) mass is 454 g/mol. The van der Waals surface area contributed by atoms with Crippen LogP contribution in [-0.2, 0) is 27.4 Å². The lowest BCUT2D eigenvalue weighted by Crippen LogP contribution is -2.52. The molecule has 1 aromatic carbocycles. The highest BCUT2D eigenvalue weighted by atomic mass is 16.5. The second-order valence-electron chi connectivity index (χ2n) is 9.85. The maximum absolute atomic E-state index is 13.0. The summed E-state index contributed by atoms with van der Waals surface area (Å²) in [6.07, 6.45) is 5.53. The minimum absolute atomic E-state index is 0.105. The topological polar surface area (TPSA) is 91.0 Å². The summed E-state index contributed by atoms with van der Waals surface area (Å²) in [5.74, 6) is -0.0304. The average molecular weight is 455 g/mol. The van der Waals surface area contributed by atoms with Crippen LogP contribution >= 0.6 is 0 Å². The molecule has 2 N–H and O–H groups in total. The van der Waals surface area contributed by atoms with Gasteiger partial charge in [0.05, 0.1) is 6.10 Å². The Labute approximate surface area is 195 Å². The molecule has 8 heteroatoms. The number of imide groups is 1. The Bertz CT molecular complexity index is 906. The average Bonchev–Trinajstić information content (AvgIpc) is 3.16. The van der Waals surface area contributed by atoms with Crippen LogP contribution in [0.15, 0.2) is 18.2 Å². The number of nitrogens with one attached hydrogen (secondary N) is 2. The van der Waals surface area contributed by atoms with Gasteiger partial charge < -0.3 is 15.0 Å². The van der Waals surface area contributed by atoms with Crippen molar-refractivity contribution in [3.63, 3.8) is 0 Å². The lowest BCUT2D eigenvalue weighted by molar-refractivity contribution is -0.136. The number of ether oxygens (including phenoxy) is 1. The molecule has 5 rings (SSSR count). The van der Waals surface area contributed by atoms with Gasteiger partial charge in [0.15, 0.2) is 0 Å². The molecule has 0 saturated carbocycles. The molecule has 0 radical (unpaired) electrons. The third-order valence-corrected chi connectivity index (χ3v) is 7.63. The van der Waals surface area contributed by atoms with E-state index in [9.17, 15) is 14.4 Å². The molecule has 0 spiro atoms. The summed E-state index contributed by atoms with van der Waals surface area (Å²) in [7, 11) is 0. The minimum Gasteiger partial charge on any atom is -0.378 e. The van der Waals surface area contributed by atoms with E-state index >= 15 is 0 Å². The van der Waals surface area contributed by atoms with E-state index in [0.717, 1.165) is 63.3 Å². The predicted molar refractivity (Wildman–Crippen MR) is 122 cm³/mol. The first-order valence-corrected chi connectivity index (χ1v) is 12.4. The second kappa shape index (κ2) is 9.91. The molecule has 33 heavy (non-hydrogen) atoms. The van der Waals surface area contributed by atoms with E-state index in [1.807, 2.05) is 12.1 Å². The van der Waals surface area contributed by atoms with Gasteiger partial charge >= 0.3 is 0 Å². The summed E-state index contributed by atoms with van der Waals surface area (Å²) >= 11 is 0. The van der Waals surface area contributed by atoms with E-state index < -0.39 is 6.04 Å². The van der Waals surface area contributed by atoms with Gasteiger partial charge in [0.1, 0.15) is 6.04 Å². The summed E-state index contributed by atoms with van der Waals surface area (Å²) in [5, 5.41) is 5.78. The van der Waals surface area contributed by atoms with Crippen molar-refractivity contribution in [2.24, 2.45) is 5.92 Å². The molecule has 4 heterocycles. The number of hydrogen-bond acceptors (Lipinski definition) is 6. The number of hydrogen-bond donors (Lipinski definition) is 2. The van der Waals surface area contributed by atoms with E-state index in [0.29, 0.717) is 30.6 Å². The van der Waals surface area contributed by atoms with E-state index in [2.05, 4.69) is 21.6 Å². The molecular formula is C25H34N4O4. The van der Waals surface area contributed by atoms with Gasteiger partial charge in [0.2, 0.25) is 11.8 Å². The van der Waals surface area contributed by atoms with Crippen LogP contribution in [0.4, 0.5) is 0 Å². The number of rotatable bonds is 6. The highest BCUT2D eigenvalue weighted by molar-refractivity contribution is 6.05. The van der Waals surface area contributed by atoms with Crippen molar-refractivity contribution in [2.45, 2.75) is 63.8 Å². The lowest BCUT2D eigenvalue weighted by Gasteiger charge is -2.33. The first-order chi connectivity index (χ1) is 16.1. The fraction of sp³-hybridized carbons (Fsp3) is 0.640. The number of amides is 3. The largest absolute Gasteiger partial charge is 0.378 e. The molecule has 0 bridgehead atoms. The van der Waals surface area contributed by atoms with Crippen molar-refractivity contribution in [3.8, 4) is 0 Å². The number of nitrogens with zero attached hydrogens (tertiary/aromatic N) is 2. The molecule has 4 aliphatic rings. The summed E-state index contributed by atoms with van der Waals surface area (Å²) in [6.45, 7) is 6.33. The van der Waals surface area contributed by atoms with E-state index in [-0.39, 0.29) is 24.1 Å². The normalized spacial score (nSPS) is 25.4. The van der Waals surface area contributed by atoms with Gasteiger partial charge in [0, 0.05) is 44.8 Å². The SMILES string of the molecule is O=C1CCC(N2Cc3c(CN4CCC(OCC5CCNCC5)CC4)cccc3C2=O)C(=O)N1. The van der Waals surface area contributed by atoms with Crippen molar-refractivity contribution >= 4 is 17.7 Å². The molecule has 1 aromatic rings. The summed E-state index contributed by atoms with van der Waals surface area (Å²) in [5.41, 5.74) is 2.87. The van der Waals surface area contributed by atoms with Crippen LogP contribution in [0.2, 0.25) is 0 Å². The smallest absolute Gasteiger partial charge is 0.255 e. The summed E-state index contributed by atoms with van der Waals surface area (Å²) < 4.78 is 6.24. The van der Waals surface area contributed by atoms with Crippen molar-refractivity contribution in [2.75, 3.05) is 32.8 Å². The standard InChI is InChI=1S/C25H34N4O4/c30-23-5-4-22(24(31)27-23)29-15-21-18(2-1-3-20(21)25(29)32)14-28-12-8-19(9-13-28)33-16-17-6-10-26-11-7-17/h1-3,17,19,22,26H,4-16H2,(H,27,30,31). The third kappa shape index (κ3) is 4.98. The van der Waals surface area contributed by atoms with Crippen LogP contribution in [0, 0.1) is 5.92 Å². The molecule has 3 amide bonds. The molecule has 1 atom stereocenters. The maximum Gasteiger partial charge on any atom is 0.255 e. The van der Waals surface area contributed by atoms with Crippen molar-refractivity contribution in [1.29, 1.82) is 0 Å². The minimum atomic E-state index is -0.566. The van der Waals surface area contributed by atoms with Gasteiger partial charge in [-0.05, 0) is 68.3 Å². The Hall–Kier alpha value is -2.29. The number of piperidine rings is 3. The van der Waals surface area contributed by atoms with Crippen LogP contribution in [0.25, 0.3) is 0 Å². The number of carbonyl (C=O) groups is 3. The van der Waals surface area contributed by atoms with Gasteiger partial charge in [-0.3, -0.25) is 24.6 Å². The Balaban J connectivity index is 1.16. The van der Waals surface area contributed by atoms with E-state index in [4.69, 9.17) is 4.74 Å². The Morgan fingerprint density at radius 1 is 1.00 bits per heavy atom. The van der Waals surface area contributed by atoms with Gasteiger partial charge in [-0.15, -0.1) is 0 Å². The molecule has 8 nitrogen and oxygen atoms in total. The quantitative estimate of drug-likeness (QED) is 0.632. The molecule has 0 aliphatic carbocycles. The predicted octanol–water partition coefficient (Wildman–Crippen LogP) is 1.43. The maximum atomic E-state index is 13.0. The van der Waals surface area contributed by atoms with Gasteiger partial charge in [-0.25, -0.2) is 0 Å². The fourth-order valence-electron chi connectivity index (χ4n) is 5.59. The highest BCUT2D eigenvalue weighted by Gasteiger charge is 2.39. The van der Waals surface area contributed by atoms with Crippen molar-refractivity contribution in [3.05, 3.63) is 34.9 Å². The first-order valence-electron chi connectivity index (χ1n) is 12.4. The molecule has 178 valence electrons. The third-order valence-electron chi connectivity index (χ3n) is 7.63. The highest BCUT2D eigenvalue weighted by Crippen LogP contribution is 2.31. The van der Waals surface area contributed by atoms with Crippen LogP contribution in [0.3, 0.4) is 0 Å². The molecule has 3 saturated heterocycles. The van der Waals surface area contributed by atoms with Crippen LogP contribution in [-0.4, -0.2) is 72.5 Å². The number of likely N-dealkylation sites (tertiary alicyclic amines) is 1. The van der Waals surface area contributed by atoms with Gasteiger partial charge in [-0.2, -0.15) is 0 Å². The zero-order chi connectivity index (χ0) is 22.8. The second-order valence-corrected chi connectivity index (χ2v) is 9.85. The fourth-order valence-corrected chi connectivity index (χ4v) is 5.59. The molecular weight excluding hydrogens is 420 g/mol. The Morgan fingerprint density at radius 2 is 1.79 bits per heavy atom. The zero-order valence-electron chi connectivity index (χ0n) is 19.2. The van der Waals surface area contributed by atoms with Crippen molar-refractivity contribution in [1.82, 2.24) is 20.4 Å². The van der Waals surface area contributed by atoms with Crippen molar-refractivity contribution < 1.29 is 19.1 Å². The van der Waals surface area contributed by atoms with Gasteiger partial charge in [0.25, 0.3) is 5.91 Å². The van der Waals surface area contributed by atoms with Crippen LogP contribution < -0.4 is 10.6 Å². The zero-order valence-corrected chi connectivity index (χ0v) is 19.2. The van der Waals surface area contributed by atoms with Gasteiger partial charge in [-0.1, -0.05) is 12.1 Å². The molecule has 4 aliphatic heterocycles. The van der Waals surface area contributed by atoms with Crippen LogP contribution in [0.5, 0.6) is 0 Å².